The van der Waals surface area contributed by atoms with Crippen LogP contribution in [0.25, 0.3) is 0 Å². The first-order valence-electron chi connectivity index (χ1n) is 5.22. The number of amides is 1. The van der Waals surface area contributed by atoms with E-state index in [-0.39, 0.29) is 5.91 Å². The lowest BCUT2D eigenvalue weighted by molar-refractivity contribution is -0.118. The van der Waals surface area contributed by atoms with E-state index >= 15 is 0 Å². The van der Waals surface area contributed by atoms with E-state index in [1.807, 2.05) is 24.3 Å². The van der Waals surface area contributed by atoms with Crippen LogP contribution in [0.2, 0.25) is 0 Å². The van der Waals surface area contributed by atoms with Crippen LogP contribution in [-0.2, 0) is 11.2 Å². The van der Waals surface area contributed by atoms with Gasteiger partial charge in [-0.25, -0.2) is 0 Å². The molecule has 0 spiro atoms. The normalized spacial score (nSPS) is 9.93. The Balaban J connectivity index is 2.28. The van der Waals surface area contributed by atoms with Crippen LogP contribution >= 0.6 is 0 Å². The maximum atomic E-state index is 10.5. The minimum absolute atomic E-state index is 0.278. The highest BCUT2D eigenvalue weighted by atomic mass is 16.5. The van der Waals surface area contributed by atoms with Crippen LogP contribution in [-0.4, -0.2) is 12.5 Å². The van der Waals surface area contributed by atoms with E-state index in [1.165, 1.54) is 5.56 Å². The number of ether oxygens (including phenoxy) is 1. The fraction of sp³-hybridized carbons (Fsp3) is 0.417. The van der Waals surface area contributed by atoms with Crippen molar-refractivity contribution in [3.05, 3.63) is 29.8 Å². The van der Waals surface area contributed by atoms with Gasteiger partial charge in [0.25, 0.3) is 0 Å². The lowest BCUT2D eigenvalue weighted by Crippen LogP contribution is -2.11. The molecule has 0 bridgehead atoms. The van der Waals surface area contributed by atoms with E-state index in [1.54, 1.807) is 0 Å². The van der Waals surface area contributed by atoms with Crippen LogP contribution in [0.3, 0.4) is 0 Å². The molecular weight excluding hydrogens is 190 g/mol. The zero-order valence-electron chi connectivity index (χ0n) is 9.03. The van der Waals surface area contributed by atoms with Crippen molar-refractivity contribution in [2.45, 2.75) is 26.2 Å². The predicted octanol–water partition coefficient (Wildman–Crippen LogP) is 1.89. The Morgan fingerprint density at radius 3 is 2.53 bits per heavy atom. The van der Waals surface area contributed by atoms with Gasteiger partial charge in [-0.15, -0.1) is 0 Å². The van der Waals surface area contributed by atoms with Crippen molar-refractivity contribution in [1.29, 1.82) is 0 Å². The summed E-state index contributed by atoms with van der Waals surface area (Å²) in [5.41, 5.74) is 6.31. The van der Waals surface area contributed by atoms with Crippen LogP contribution in [0.1, 0.15) is 25.3 Å². The van der Waals surface area contributed by atoms with Gasteiger partial charge in [0.15, 0.2) is 0 Å². The first-order chi connectivity index (χ1) is 7.22. The zero-order chi connectivity index (χ0) is 11.1. The van der Waals surface area contributed by atoms with Gasteiger partial charge in [-0.2, -0.15) is 0 Å². The molecule has 0 aromatic heterocycles. The molecule has 82 valence electrons. The van der Waals surface area contributed by atoms with E-state index in [9.17, 15) is 4.79 Å². The van der Waals surface area contributed by atoms with E-state index in [0.29, 0.717) is 19.4 Å². The SMILES string of the molecule is CCc1ccc(OCCCC(N)=O)cc1. The summed E-state index contributed by atoms with van der Waals surface area (Å²) in [5.74, 6) is 0.566. The van der Waals surface area contributed by atoms with Crippen molar-refractivity contribution in [1.82, 2.24) is 0 Å². The minimum atomic E-state index is -0.278. The molecule has 0 unspecified atom stereocenters. The topological polar surface area (TPSA) is 52.3 Å². The van der Waals surface area contributed by atoms with Crippen LogP contribution in [0.5, 0.6) is 5.75 Å². The van der Waals surface area contributed by atoms with Gasteiger partial charge in [-0.05, 0) is 30.5 Å². The Labute approximate surface area is 90.2 Å². The quantitative estimate of drug-likeness (QED) is 0.724. The predicted molar refractivity (Wildman–Crippen MR) is 59.7 cm³/mol. The summed E-state index contributed by atoms with van der Waals surface area (Å²) in [5, 5.41) is 0. The van der Waals surface area contributed by atoms with Crippen molar-refractivity contribution < 1.29 is 9.53 Å². The van der Waals surface area contributed by atoms with E-state index in [0.717, 1.165) is 12.2 Å². The van der Waals surface area contributed by atoms with E-state index in [2.05, 4.69) is 6.92 Å². The Morgan fingerprint density at radius 2 is 2.00 bits per heavy atom. The van der Waals surface area contributed by atoms with Gasteiger partial charge < -0.3 is 10.5 Å². The van der Waals surface area contributed by atoms with Gasteiger partial charge in [-0.3, -0.25) is 4.79 Å². The van der Waals surface area contributed by atoms with Crippen molar-refractivity contribution >= 4 is 5.91 Å². The third kappa shape index (κ3) is 4.49. The molecule has 1 amide bonds. The van der Waals surface area contributed by atoms with Gasteiger partial charge in [-0.1, -0.05) is 19.1 Å². The average molecular weight is 207 g/mol. The molecule has 0 saturated carbocycles. The molecule has 1 aromatic carbocycles. The van der Waals surface area contributed by atoms with Crippen LogP contribution in [0.4, 0.5) is 0 Å². The van der Waals surface area contributed by atoms with Crippen molar-refractivity contribution in [3.63, 3.8) is 0 Å². The van der Waals surface area contributed by atoms with Gasteiger partial charge in [0.05, 0.1) is 6.61 Å². The number of hydrogen-bond donors (Lipinski definition) is 1. The molecule has 3 nitrogen and oxygen atoms in total. The van der Waals surface area contributed by atoms with Gasteiger partial charge >= 0.3 is 0 Å². The van der Waals surface area contributed by atoms with E-state index < -0.39 is 0 Å². The molecule has 2 N–H and O–H groups in total. The standard InChI is InChI=1S/C12H17NO2/c1-2-10-5-7-11(8-6-10)15-9-3-4-12(13)14/h5-8H,2-4,9H2,1H3,(H2,13,14). The number of carbonyl (C=O) groups is 1. The van der Waals surface area contributed by atoms with E-state index in [4.69, 9.17) is 10.5 Å². The van der Waals surface area contributed by atoms with Crippen LogP contribution in [0, 0.1) is 0 Å². The molecule has 1 aromatic rings. The largest absolute Gasteiger partial charge is 0.494 e. The summed E-state index contributed by atoms with van der Waals surface area (Å²) in [7, 11) is 0. The second-order valence-electron chi connectivity index (χ2n) is 3.42. The first-order valence-corrected chi connectivity index (χ1v) is 5.22. The molecule has 15 heavy (non-hydrogen) atoms. The zero-order valence-corrected chi connectivity index (χ0v) is 9.03. The molecule has 0 heterocycles. The second kappa shape index (κ2) is 6.06. The van der Waals surface area contributed by atoms with Gasteiger partial charge in [0, 0.05) is 6.42 Å². The van der Waals surface area contributed by atoms with Crippen molar-refractivity contribution in [2.75, 3.05) is 6.61 Å². The highest BCUT2D eigenvalue weighted by Crippen LogP contribution is 2.12. The fourth-order valence-electron chi connectivity index (χ4n) is 1.26. The Kier molecular flexibility index (Phi) is 4.68. The number of nitrogens with two attached hydrogens (primary N) is 1. The Morgan fingerprint density at radius 1 is 1.33 bits per heavy atom. The summed E-state index contributed by atoms with van der Waals surface area (Å²) in [4.78, 5) is 10.5. The fourth-order valence-corrected chi connectivity index (χ4v) is 1.26. The van der Waals surface area contributed by atoms with Crippen LogP contribution < -0.4 is 10.5 Å². The average Bonchev–Trinajstić information content (AvgIpc) is 2.25. The highest BCUT2D eigenvalue weighted by Gasteiger charge is 1.96. The summed E-state index contributed by atoms with van der Waals surface area (Å²) in [6.07, 6.45) is 2.08. The summed E-state index contributed by atoms with van der Waals surface area (Å²) in [6.45, 7) is 2.65. The maximum absolute atomic E-state index is 10.5. The third-order valence-corrected chi connectivity index (χ3v) is 2.17. The summed E-state index contributed by atoms with van der Waals surface area (Å²) in [6, 6.07) is 7.99. The molecule has 0 radical (unpaired) electrons. The molecule has 0 saturated heterocycles. The monoisotopic (exact) mass is 207 g/mol. The molecule has 0 aliphatic carbocycles. The van der Waals surface area contributed by atoms with Crippen molar-refractivity contribution in [2.24, 2.45) is 5.73 Å². The number of primary amides is 1. The number of hydrogen-bond acceptors (Lipinski definition) is 2. The van der Waals surface area contributed by atoms with Crippen LogP contribution in [0.15, 0.2) is 24.3 Å². The smallest absolute Gasteiger partial charge is 0.217 e. The number of rotatable bonds is 6. The molecule has 1 rings (SSSR count). The van der Waals surface area contributed by atoms with Gasteiger partial charge in [0.1, 0.15) is 5.75 Å². The Hall–Kier alpha value is -1.51. The molecule has 0 aliphatic rings. The number of carbonyl (C=O) groups excluding carboxylic acids is 1. The van der Waals surface area contributed by atoms with Crippen molar-refractivity contribution in [3.8, 4) is 5.75 Å². The first kappa shape index (κ1) is 11.6. The summed E-state index contributed by atoms with van der Waals surface area (Å²) >= 11 is 0. The number of aryl methyl sites for hydroxylation is 1. The minimum Gasteiger partial charge on any atom is -0.494 e. The molecular formula is C12H17NO2. The molecule has 0 atom stereocenters. The molecule has 0 fully saturated rings. The maximum Gasteiger partial charge on any atom is 0.217 e. The summed E-state index contributed by atoms with van der Waals surface area (Å²) < 4.78 is 5.45. The molecule has 3 heteroatoms. The number of benzene rings is 1. The Bertz CT molecular complexity index is 306. The molecule has 0 aliphatic heterocycles. The third-order valence-electron chi connectivity index (χ3n) is 2.17. The lowest BCUT2D eigenvalue weighted by atomic mass is 10.2. The highest BCUT2D eigenvalue weighted by molar-refractivity contribution is 5.73. The lowest BCUT2D eigenvalue weighted by Gasteiger charge is -2.05. The second-order valence-corrected chi connectivity index (χ2v) is 3.42. The van der Waals surface area contributed by atoms with Gasteiger partial charge in [0.2, 0.25) is 5.91 Å².